The number of aromatic amines is 1. The molecule has 0 fully saturated rings. The van der Waals surface area contributed by atoms with Gasteiger partial charge in [0.05, 0.1) is 11.3 Å². The van der Waals surface area contributed by atoms with E-state index >= 15 is 0 Å². The summed E-state index contributed by atoms with van der Waals surface area (Å²) in [4.78, 5) is 26.8. The summed E-state index contributed by atoms with van der Waals surface area (Å²) in [6.07, 6.45) is 5.48. The zero-order chi connectivity index (χ0) is 18.8. The molecule has 2 aromatic carbocycles. The molecule has 0 atom stereocenters. The summed E-state index contributed by atoms with van der Waals surface area (Å²) < 4.78 is 1.67. The first-order valence-corrected chi connectivity index (χ1v) is 8.40. The van der Waals surface area contributed by atoms with Crippen molar-refractivity contribution in [3.8, 4) is 5.69 Å². The Bertz CT molecular complexity index is 1110. The molecule has 0 aliphatic heterocycles. The van der Waals surface area contributed by atoms with Crippen LogP contribution in [0.5, 0.6) is 0 Å². The quantitative estimate of drug-likeness (QED) is 0.509. The van der Waals surface area contributed by atoms with Crippen molar-refractivity contribution >= 4 is 22.7 Å². The Balaban J connectivity index is 1.55. The predicted octanol–water partition coefficient (Wildman–Crippen LogP) is 2.38. The van der Waals surface area contributed by atoms with Gasteiger partial charge in [-0.3, -0.25) is 9.59 Å². The number of H-pyrrole nitrogens is 1. The molecule has 27 heavy (non-hydrogen) atoms. The van der Waals surface area contributed by atoms with Crippen LogP contribution >= 0.6 is 0 Å². The number of primary amides is 1. The number of aromatic nitrogens is 3. The lowest BCUT2D eigenvalue weighted by Gasteiger charge is -2.05. The van der Waals surface area contributed by atoms with E-state index in [4.69, 9.17) is 5.73 Å². The monoisotopic (exact) mass is 359 g/mol. The van der Waals surface area contributed by atoms with E-state index in [1.54, 1.807) is 41.1 Å². The summed E-state index contributed by atoms with van der Waals surface area (Å²) in [5.74, 6) is -0.662. The molecule has 0 saturated carbocycles. The Labute approximate surface area is 154 Å². The summed E-state index contributed by atoms with van der Waals surface area (Å²) in [5.41, 5.74) is 8.69. The van der Waals surface area contributed by atoms with Crippen molar-refractivity contribution in [2.45, 2.75) is 6.54 Å². The molecule has 0 unspecified atom stereocenters. The summed E-state index contributed by atoms with van der Waals surface area (Å²) >= 11 is 0. The Morgan fingerprint density at radius 2 is 1.93 bits per heavy atom. The fourth-order valence-corrected chi connectivity index (χ4v) is 2.89. The van der Waals surface area contributed by atoms with Crippen molar-refractivity contribution in [2.24, 2.45) is 5.73 Å². The predicted molar refractivity (Wildman–Crippen MR) is 102 cm³/mol. The average molecular weight is 359 g/mol. The molecule has 0 spiro atoms. The van der Waals surface area contributed by atoms with Gasteiger partial charge in [-0.05, 0) is 42.0 Å². The smallest absolute Gasteiger partial charge is 0.251 e. The lowest BCUT2D eigenvalue weighted by atomic mass is 10.1. The van der Waals surface area contributed by atoms with Crippen molar-refractivity contribution in [3.05, 3.63) is 83.8 Å². The maximum absolute atomic E-state index is 12.3. The second-order valence-electron chi connectivity index (χ2n) is 6.13. The Kier molecular flexibility index (Phi) is 4.18. The van der Waals surface area contributed by atoms with E-state index in [-0.39, 0.29) is 5.91 Å². The molecule has 4 rings (SSSR count). The average Bonchev–Trinajstić information content (AvgIpc) is 3.35. The Hall–Kier alpha value is -3.87. The maximum Gasteiger partial charge on any atom is 0.251 e. The molecule has 2 aromatic heterocycles. The molecule has 4 aromatic rings. The van der Waals surface area contributed by atoms with Crippen molar-refractivity contribution in [2.75, 3.05) is 0 Å². The standard InChI is InChI=1S/C20H17N5O2/c21-19(26)17-3-1-2-15-12-25(24-18(15)17)16-6-4-14(5-7-16)20(27)23-11-13-8-9-22-10-13/h1-10,12,22H,11H2,(H2,21,26)(H,23,27). The van der Waals surface area contributed by atoms with Crippen molar-refractivity contribution in [1.29, 1.82) is 0 Å². The minimum atomic E-state index is -0.514. The normalized spacial score (nSPS) is 10.8. The van der Waals surface area contributed by atoms with Gasteiger partial charge < -0.3 is 16.0 Å². The van der Waals surface area contributed by atoms with E-state index in [9.17, 15) is 9.59 Å². The summed E-state index contributed by atoms with van der Waals surface area (Å²) in [7, 11) is 0. The van der Waals surface area contributed by atoms with Gasteiger partial charge in [0.15, 0.2) is 0 Å². The lowest BCUT2D eigenvalue weighted by molar-refractivity contribution is 0.0949. The highest BCUT2D eigenvalue weighted by Gasteiger charge is 2.11. The fourth-order valence-electron chi connectivity index (χ4n) is 2.89. The van der Waals surface area contributed by atoms with Gasteiger partial charge in [0.2, 0.25) is 0 Å². The first-order valence-electron chi connectivity index (χ1n) is 8.40. The molecule has 134 valence electrons. The molecule has 2 amide bonds. The van der Waals surface area contributed by atoms with Crippen molar-refractivity contribution in [3.63, 3.8) is 0 Å². The van der Waals surface area contributed by atoms with E-state index in [0.29, 0.717) is 23.2 Å². The number of carbonyl (C=O) groups excluding carboxylic acids is 2. The number of rotatable bonds is 5. The van der Waals surface area contributed by atoms with Crippen LogP contribution in [0.4, 0.5) is 0 Å². The number of nitrogens with zero attached hydrogens (tertiary/aromatic N) is 2. The molecule has 0 radical (unpaired) electrons. The van der Waals surface area contributed by atoms with Gasteiger partial charge in [-0.2, -0.15) is 5.10 Å². The number of carbonyl (C=O) groups is 2. The third kappa shape index (κ3) is 3.30. The number of amides is 2. The number of nitrogens with two attached hydrogens (primary N) is 1. The van der Waals surface area contributed by atoms with Gasteiger partial charge in [-0.1, -0.05) is 12.1 Å². The molecule has 4 N–H and O–H groups in total. The molecule has 7 heteroatoms. The molecular weight excluding hydrogens is 342 g/mol. The molecule has 2 heterocycles. The number of hydrogen-bond donors (Lipinski definition) is 3. The second kappa shape index (κ2) is 6.80. The van der Waals surface area contributed by atoms with Crippen LogP contribution in [0, 0.1) is 0 Å². The highest BCUT2D eigenvalue weighted by atomic mass is 16.2. The van der Waals surface area contributed by atoms with E-state index in [2.05, 4.69) is 15.4 Å². The lowest BCUT2D eigenvalue weighted by Crippen LogP contribution is -2.22. The molecule has 0 saturated heterocycles. The largest absolute Gasteiger partial charge is 0.367 e. The van der Waals surface area contributed by atoms with Gasteiger partial charge in [0, 0.05) is 36.1 Å². The maximum atomic E-state index is 12.3. The van der Waals surface area contributed by atoms with Crippen LogP contribution in [-0.4, -0.2) is 26.6 Å². The number of fused-ring (bicyclic) bond motifs is 1. The van der Waals surface area contributed by atoms with Crippen LogP contribution in [0.1, 0.15) is 26.3 Å². The van der Waals surface area contributed by atoms with Crippen molar-refractivity contribution in [1.82, 2.24) is 20.1 Å². The number of benzene rings is 2. The third-order valence-corrected chi connectivity index (χ3v) is 4.31. The zero-order valence-electron chi connectivity index (χ0n) is 14.3. The van der Waals surface area contributed by atoms with E-state index in [1.807, 2.05) is 30.7 Å². The molecule has 7 nitrogen and oxygen atoms in total. The molecular formula is C20H17N5O2. The highest BCUT2D eigenvalue weighted by Crippen LogP contribution is 2.19. The van der Waals surface area contributed by atoms with Crippen LogP contribution < -0.4 is 11.1 Å². The third-order valence-electron chi connectivity index (χ3n) is 4.31. The van der Waals surface area contributed by atoms with Gasteiger partial charge in [-0.25, -0.2) is 4.68 Å². The highest BCUT2D eigenvalue weighted by molar-refractivity contribution is 6.04. The first kappa shape index (κ1) is 16.6. The van der Waals surface area contributed by atoms with E-state index in [1.165, 1.54) is 0 Å². The molecule has 0 aliphatic carbocycles. The second-order valence-corrected chi connectivity index (χ2v) is 6.13. The Morgan fingerprint density at radius 3 is 2.63 bits per heavy atom. The summed E-state index contributed by atoms with van der Waals surface area (Å²) in [6, 6.07) is 14.3. The van der Waals surface area contributed by atoms with Crippen LogP contribution in [0.3, 0.4) is 0 Å². The van der Waals surface area contributed by atoms with Gasteiger partial charge in [0.1, 0.15) is 5.52 Å². The van der Waals surface area contributed by atoms with Crippen LogP contribution in [0.25, 0.3) is 16.6 Å². The molecule has 0 bridgehead atoms. The van der Waals surface area contributed by atoms with Crippen LogP contribution in [0.15, 0.2) is 67.1 Å². The van der Waals surface area contributed by atoms with Crippen LogP contribution in [0.2, 0.25) is 0 Å². The fraction of sp³-hybridized carbons (Fsp3) is 0.0500. The van der Waals surface area contributed by atoms with Gasteiger partial charge in [-0.15, -0.1) is 0 Å². The first-order chi connectivity index (χ1) is 13.1. The Morgan fingerprint density at radius 1 is 1.11 bits per heavy atom. The van der Waals surface area contributed by atoms with Crippen molar-refractivity contribution < 1.29 is 9.59 Å². The SMILES string of the molecule is NC(=O)c1cccc2cn(-c3ccc(C(=O)NCc4cc[nH]c4)cc3)nc12. The topological polar surface area (TPSA) is 106 Å². The minimum absolute atomic E-state index is 0.149. The summed E-state index contributed by atoms with van der Waals surface area (Å²) in [5, 5.41) is 8.15. The van der Waals surface area contributed by atoms with E-state index < -0.39 is 5.91 Å². The minimum Gasteiger partial charge on any atom is -0.367 e. The van der Waals surface area contributed by atoms with Crippen LogP contribution in [-0.2, 0) is 6.54 Å². The summed E-state index contributed by atoms with van der Waals surface area (Å²) in [6.45, 7) is 0.463. The zero-order valence-corrected chi connectivity index (χ0v) is 14.3. The number of nitrogens with one attached hydrogen (secondary N) is 2. The van der Waals surface area contributed by atoms with Gasteiger partial charge in [0.25, 0.3) is 11.8 Å². The van der Waals surface area contributed by atoms with Gasteiger partial charge >= 0.3 is 0 Å². The molecule has 0 aliphatic rings. The van der Waals surface area contributed by atoms with E-state index in [0.717, 1.165) is 16.6 Å². The number of hydrogen-bond acceptors (Lipinski definition) is 3.